The molecule has 0 aliphatic carbocycles. The molecule has 30 heavy (non-hydrogen) atoms. The zero-order chi connectivity index (χ0) is 21.7. The average molecular weight is 417 g/mol. The van der Waals surface area contributed by atoms with Gasteiger partial charge in [-0.3, -0.25) is 9.59 Å². The van der Waals surface area contributed by atoms with E-state index in [4.69, 9.17) is 9.15 Å². The first-order valence-electron chi connectivity index (χ1n) is 9.66. The average Bonchev–Trinajstić information content (AvgIpc) is 3.28. The van der Waals surface area contributed by atoms with Crippen LogP contribution in [0, 0.1) is 11.7 Å². The lowest BCUT2D eigenvalue weighted by atomic mass is 9.90. The Morgan fingerprint density at radius 1 is 1.20 bits per heavy atom. The summed E-state index contributed by atoms with van der Waals surface area (Å²) in [5, 5.41) is 5.48. The minimum Gasteiger partial charge on any atom is -0.472 e. The number of carbonyl (C=O) groups excluding carboxylic acids is 3. The molecule has 1 atom stereocenters. The van der Waals surface area contributed by atoms with Gasteiger partial charge >= 0.3 is 6.09 Å². The zero-order valence-electron chi connectivity index (χ0n) is 16.8. The number of carbonyl (C=O) groups is 3. The first-order valence-corrected chi connectivity index (χ1v) is 9.66. The van der Waals surface area contributed by atoms with Crippen LogP contribution in [0.5, 0.6) is 0 Å². The van der Waals surface area contributed by atoms with Crippen molar-refractivity contribution in [3.8, 4) is 0 Å². The summed E-state index contributed by atoms with van der Waals surface area (Å²) in [5.41, 5.74) is 0.495. The smallest absolute Gasteiger partial charge is 0.409 e. The van der Waals surface area contributed by atoms with Gasteiger partial charge in [-0.1, -0.05) is 0 Å². The van der Waals surface area contributed by atoms with Crippen molar-refractivity contribution in [3.05, 3.63) is 53.7 Å². The second-order valence-electron chi connectivity index (χ2n) is 7.21. The van der Waals surface area contributed by atoms with Gasteiger partial charge in [0.1, 0.15) is 12.1 Å². The van der Waals surface area contributed by atoms with Gasteiger partial charge in [-0.2, -0.15) is 0 Å². The third-order valence-corrected chi connectivity index (χ3v) is 5.30. The molecule has 1 aromatic heterocycles. The monoisotopic (exact) mass is 417 g/mol. The molecule has 3 amide bonds. The lowest BCUT2D eigenvalue weighted by molar-refractivity contribution is 0.0867. The highest BCUT2D eigenvalue weighted by Crippen LogP contribution is 2.23. The summed E-state index contributed by atoms with van der Waals surface area (Å²) < 4.78 is 23.4. The Labute approximate surface area is 173 Å². The number of hydrogen-bond acceptors (Lipinski definition) is 5. The Morgan fingerprint density at radius 3 is 2.57 bits per heavy atom. The van der Waals surface area contributed by atoms with Gasteiger partial charge in [0, 0.05) is 19.1 Å². The van der Waals surface area contributed by atoms with Crippen LogP contribution in [0.15, 0.2) is 41.2 Å². The Hall–Kier alpha value is -3.36. The first kappa shape index (κ1) is 21.4. The number of nitrogens with zero attached hydrogens (tertiary/aromatic N) is 1. The highest BCUT2D eigenvalue weighted by atomic mass is 19.1. The second-order valence-corrected chi connectivity index (χ2v) is 7.21. The van der Waals surface area contributed by atoms with E-state index < -0.39 is 17.6 Å². The quantitative estimate of drug-likeness (QED) is 0.778. The number of hydrogen-bond donors (Lipinski definition) is 2. The molecule has 0 bridgehead atoms. The van der Waals surface area contributed by atoms with E-state index >= 15 is 0 Å². The molecular formula is C21H24FN3O5. The fourth-order valence-electron chi connectivity index (χ4n) is 3.52. The number of rotatable bonds is 5. The maximum absolute atomic E-state index is 13.7. The lowest BCUT2D eigenvalue weighted by Gasteiger charge is -2.34. The maximum Gasteiger partial charge on any atom is 0.409 e. The maximum atomic E-state index is 13.7. The van der Waals surface area contributed by atoms with Crippen LogP contribution in [0.1, 0.15) is 40.5 Å². The van der Waals surface area contributed by atoms with Crippen molar-refractivity contribution in [3.63, 3.8) is 0 Å². The fourth-order valence-corrected chi connectivity index (χ4v) is 3.52. The summed E-state index contributed by atoms with van der Waals surface area (Å²) in [6, 6.07) is 4.91. The molecular weight excluding hydrogens is 393 g/mol. The summed E-state index contributed by atoms with van der Waals surface area (Å²) in [6.07, 6.45) is 3.71. The van der Waals surface area contributed by atoms with E-state index in [0.29, 0.717) is 13.1 Å². The largest absolute Gasteiger partial charge is 0.472 e. The molecule has 2 N–H and O–H groups in total. The Balaban J connectivity index is 1.65. The third-order valence-electron chi connectivity index (χ3n) is 5.30. The molecule has 1 saturated heterocycles. The predicted octanol–water partition coefficient (Wildman–Crippen LogP) is 3.27. The van der Waals surface area contributed by atoms with Crippen molar-refractivity contribution in [2.24, 2.45) is 5.92 Å². The third kappa shape index (κ3) is 4.97. The van der Waals surface area contributed by atoms with Crippen LogP contribution in [0.3, 0.4) is 0 Å². The molecule has 1 aliphatic heterocycles. The minimum atomic E-state index is -0.572. The van der Waals surface area contributed by atoms with E-state index in [0.717, 1.165) is 18.9 Å². The standard InChI is InChI=1S/C21H24FN3O5/c1-13(14-5-8-25(9-6-14)21(28)29-2)23-20(27)17-4-3-16(22)11-18(17)24-19(26)15-7-10-30-12-15/h3-4,7,10-14H,5-6,8-9H2,1-2H3,(H,23,27)(H,24,26). The molecule has 8 nitrogen and oxygen atoms in total. The fraction of sp³-hybridized carbons (Fsp3) is 0.381. The van der Waals surface area contributed by atoms with Crippen molar-refractivity contribution < 1.29 is 27.9 Å². The number of furan rings is 1. The SMILES string of the molecule is COC(=O)N1CCC(C(C)NC(=O)c2ccc(F)cc2NC(=O)c2ccoc2)CC1. The number of nitrogens with one attached hydrogen (secondary N) is 2. The lowest BCUT2D eigenvalue weighted by Crippen LogP contribution is -2.45. The number of benzene rings is 1. The van der Waals surface area contributed by atoms with Gasteiger partial charge in [0.05, 0.1) is 30.2 Å². The van der Waals surface area contributed by atoms with Gasteiger partial charge in [0.15, 0.2) is 0 Å². The number of methoxy groups -OCH3 is 1. The molecule has 1 aliphatic rings. The molecule has 0 saturated carbocycles. The Morgan fingerprint density at radius 2 is 1.93 bits per heavy atom. The summed E-state index contributed by atoms with van der Waals surface area (Å²) in [7, 11) is 1.35. The molecule has 3 rings (SSSR count). The van der Waals surface area contributed by atoms with E-state index in [1.54, 1.807) is 4.90 Å². The summed E-state index contributed by atoms with van der Waals surface area (Å²) >= 11 is 0. The van der Waals surface area contributed by atoms with Crippen molar-refractivity contribution in [2.45, 2.75) is 25.8 Å². The van der Waals surface area contributed by atoms with Gasteiger partial charge in [0.25, 0.3) is 11.8 Å². The number of ether oxygens (including phenoxy) is 1. The molecule has 1 fully saturated rings. The van der Waals surface area contributed by atoms with Gasteiger partial charge in [-0.05, 0) is 49.9 Å². The number of likely N-dealkylation sites (tertiary alicyclic amines) is 1. The summed E-state index contributed by atoms with van der Waals surface area (Å²) in [6.45, 7) is 3.00. The molecule has 2 heterocycles. The highest BCUT2D eigenvalue weighted by Gasteiger charge is 2.28. The number of amides is 3. The Kier molecular flexibility index (Phi) is 6.71. The van der Waals surface area contributed by atoms with E-state index in [2.05, 4.69) is 10.6 Å². The van der Waals surface area contributed by atoms with Crippen LogP contribution in [0.2, 0.25) is 0 Å². The minimum absolute atomic E-state index is 0.0754. The van der Waals surface area contributed by atoms with Crippen molar-refractivity contribution in [1.29, 1.82) is 0 Å². The Bertz CT molecular complexity index is 907. The molecule has 0 spiro atoms. The molecule has 9 heteroatoms. The second kappa shape index (κ2) is 9.43. The van der Waals surface area contributed by atoms with E-state index in [9.17, 15) is 18.8 Å². The topological polar surface area (TPSA) is 101 Å². The number of halogens is 1. The molecule has 0 radical (unpaired) electrons. The van der Waals surface area contributed by atoms with Crippen LogP contribution in [-0.4, -0.2) is 49.0 Å². The first-order chi connectivity index (χ1) is 14.4. The van der Waals surface area contributed by atoms with Crippen LogP contribution in [-0.2, 0) is 4.74 Å². The molecule has 160 valence electrons. The van der Waals surface area contributed by atoms with Gasteiger partial charge in [-0.15, -0.1) is 0 Å². The number of piperidine rings is 1. The van der Waals surface area contributed by atoms with E-state index in [1.165, 1.54) is 37.8 Å². The van der Waals surface area contributed by atoms with E-state index in [-0.39, 0.29) is 34.9 Å². The van der Waals surface area contributed by atoms with Gasteiger partial charge < -0.3 is 24.7 Å². The normalized spacial score (nSPS) is 15.4. The van der Waals surface area contributed by atoms with Gasteiger partial charge in [-0.25, -0.2) is 9.18 Å². The van der Waals surface area contributed by atoms with Crippen LogP contribution < -0.4 is 10.6 Å². The van der Waals surface area contributed by atoms with Crippen molar-refractivity contribution >= 4 is 23.6 Å². The van der Waals surface area contributed by atoms with E-state index in [1.807, 2.05) is 6.92 Å². The molecule has 2 aromatic rings. The molecule has 1 unspecified atom stereocenters. The predicted molar refractivity (Wildman–Crippen MR) is 107 cm³/mol. The summed E-state index contributed by atoms with van der Waals surface area (Å²) in [4.78, 5) is 38.3. The van der Waals surface area contributed by atoms with Crippen molar-refractivity contribution in [1.82, 2.24) is 10.2 Å². The van der Waals surface area contributed by atoms with Crippen molar-refractivity contribution in [2.75, 3.05) is 25.5 Å². The van der Waals surface area contributed by atoms with Gasteiger partial charge in [0.2, 0.25) is 0 Å². The summed E-state index contributed by atoms with van der Waals surface area (Å²) in [5.74, 6) is -1.32. The van der Waals surface area contributed by atoms with Crippen LogP contribution in [0.4, 0.5) is 14.9 Å². The zero-order valence-corrected chi connectivity index (χ0v) is 16.8. The van der Waals surface area contributed by atoms with Crippen LogP contribution in [0.25, 0.3) is 0 Å². The number of anilines is 1. The van der Waals surface area contributed by atoms with Crippen LogP contribution >= 0.6 is 0 Å². The highest BCUT2D eigenvalue weighted by molar-refractivity contribution is 6.08. The molecule has 1 aromatic carbocycles.